The number of aromatic amines is 1. The number of hydrogen-bond acceptors (Lipinski definition) is 15. The lowest BCUT2D eigenvalue weighted by atomic mass is 10.1. The number of esters is 2. The highest BCUT2D eigenvalue weighted by Gasteiger charge is 2.42. The van der Waals surface area contributed by atoms with E-state index in [2.05, 4.69) is 35.3 Å². The number of carboxylic acid groups (broad SMARTS) is 1. The summed E-state index contributed by atoms with van der Waals surface area (Å²) in [5.74, 6) is -6.63. The van der Waals surface area contributed by atoms with E-state index >= 15 is 0 Å². The van der Waals surface area contributed by atoms with Crippen LogP contribution in [0.25, 0.3) is 11.2 Å². The molecule has 1 aromatic carbocycles. The standard InChI is InChI=1S/C25H25N7O11/c26-25-31-20-16(22(39)32-25)29-12(8-28-20)7-27-11-3-1-10(2-4-11)21(38)30-13(5-6-15(35)36)23(40)43-19-17(37)24(41)42-18(19)14(34)9-33/h1-4,8,13-14,18,27,33-34,37H,5-7,9H2,(H,30,38)(H,35,36)(H3,26,28,31,32,39)/t13?,14-,18+/m0/s1. The van der Waals surface area contributed by atoms with E-state index in [-0.39, 0.29) is 29.2 Å². The predicted octanol–water partition coefficient (Wildman–Crippen LogP) is -1.54. The van der Waals surface area contributed by atoms with Crippen LogP contribution in [0.2, 0.25) is 0 Å². The van der Waals surface area contributed by atoms with Crippen LogP contribution < -0.4 is 21.9 Å². The van der Waals surface area contributed by atoms with E-state index in [0.29, 0.717) is 11.4 Å². The molecule has 1 amide bonds. The number of ether oxygens (including phenoxy) is 2. The van der Waals surface area contributed by atoms with Crippen LogP contribution in [0.15, 0.2) is 46.8 Å². The van der Waals surface area contributed by atoms with Crippen LogP contribution in [0.1, 0.15) is 28.9 Å². The molecule has 1 aliphatic rings. The van der Waals surface area contributed by atoms with Crippen molar-refractivity contribution >= 4 is 46.6 Å². The van der Waals surface area contributed by atoms with Gasteiger partial charge in [-0.25, -0.2) is 19.6 Å². The Hall–Kier alpha value is -5.62. The molecule has 18 nitrogen and oxygen atoms in total. The van der Waals surface area contributed by atoms with Crippen LogP contribution in [-0.4, -0.2) is 89.0 Å². The third-order valence-corrected chi connectivity index (χ3v) is 6.01. The molecule has 2 aromatic heterocycles. The molecule has 43 heavy (non-hydrogen) atoms. The molecule has 0 radical (unpaired) electrons. The van der Waals surface area contributed by atoms with Gasteiger partial charge in [0.25, 0.3) is 11.5 Å². The minimum atomic E-state index is -1.73. The van der Waals surface area contributed by atoms with Crippen molar-refractivity contribution < 1.29 is 49.1 Å². The SMILES string of the molecule is Nc1nc2ncc(CNc3ccc(C(=O)NC(CCC(=O)O)C(=O)OC4=C(O)C(=O)O[C@@H]4[C@@H](O)CO)cc3)nc2c(=O)[nH]1. The number of anilines is 2. The third-order valence-electron chi connectivity index (χ3n) is 6.01. The first-order valence-corrected chi connectivity index (χ1v) is 12.5. The molecule has 0 bridgehead atoms. The largest absolute Gasteiger partial charge is 0.499 e. The highest BCUT2D eigenvalue weighted by molar-refractivity contribution is 5.97. The monoisotopic (exact) mass is 599 g/mol. The van der Waals surface area contributed by atoms with E-state index < -0.39 is 78.6 Å². The van der Waals surface area contributed by atoms with Gasteiger partial charge in [-0.2, -0.15) is 4.98 Å². The summed E-state index contributed by atoms with van der Waals surface area (Å²) >= 11 is 0. The molecule has 0 saturated carbocycles. The van der Waals surface area contributed by atoms with Crippen molar-refractivity contribution in [1.29, 1.82) is 0 Å². The van der Waals surface area contributed by atoms with E-state index in [1.54, 1.807) is 0 Å². The quantitative estimate of drug-likeness (QED) is 0.109. The summed E-state index contributed by atoms with van der Waals surface area (Å²) in [5, 5.41) is 43.3. The molecule has 3 atom stereocenters. The Bertz CT molecular complexity index is 1660. The summed E-state index contributed by atoms with van der Waals surface area (Å²) in [6.07, 6.45) is -3.00. The van der Waals surface area contributed by atoms with Gasteiger partial charge in [-0.3, -0.25) is 19.4 Å². The van der Waals surface area contributed by atoms with E-state index in [1.165, 1.54) is 30.5 Å². The van der Waals surface area contributed by atoms with Gasteiger partial charge in [-0.05, 0) is 30.7 Å². The average Bonchev–Trinajstić information content (AvgIpc) is 3.26. The minimum Gasteiger partial charge on any atom is -0.499 e. The van der Waals surface area contributed by atoms with Gasteiger partial charge in [0.1, 0.15) is 12.1 Å². The topological polar surface area (TPSA) is 289 Å². The Morgan fingerprint density at radius 1 is 1.16 bits per heavy atom. The highest BCUT2D eigenvalue weighted by atomic mass is 16.6. The molecule has 0 aliphatic carbocycles. The fourth-order valence-electron chi connectivity index (χ4n) is 3.84. The molecule has 18 heteroatoms. The lowest BCUT2D eigenvalue weighted by Crippen LogP contribution is -2.43. The van der Waals surface area contributed by atoms with Crippen LogP contribution in [0.3, 0.4) is 0 Å². The zero-order valence-corrected chi connectivity index (χ0v) is 22.0. The maximum atomic E-state index is 12.9. The summed E-state index contributed by atoms with van der Waals surface area (Å²) in [6.45, 7) is -0.749. The number of rotatable bonds is 12. The van der Waals surface area contributed by atoms with Crippen LogP contribution in [0.5, 0.6) is 0 Å². The molecule has 4 rings (SSSR count). The summed E-state index contributed by atoms with van der Waals surface area (Å²) < 4.78 is 9.70. The number of cyclic esters (lactones) is 1. The second kappa shape index (κ2) is 12.9. The van der Waals surface area contributed by atoms with Gasteiger partial charge < -0.3 is 46.3 Å². The number of amides is 1. The number of aromatic nitrogens is 4. The number of carboxylic acids is 1. The predicted molar refractivity (Wildman–Crippen MR) is 143 cm³/mol. The fourth-order valence-corrected chi connectivity index (χ4v) is 3.84. The first-order chi connectivity index (χ1) is 20.5. The normalized spacial score (nSPS) is 16.0. The van der Waals surface area contributed by atoms with Crippen LogP contribution in [0, 0.1) is 0 Å². The Morgan fingerprint density at radius 2 is 1.88 bits per heavy atom. The van der Waals surface area contributed by atoms with E-state index in [9.17, 15) is 34.2 Å². The average molecular weight is 600 g/mol. The zero-order chi connectivity index (χ0) is 31.3. The van der Waals surface area contributed by atoms with E-state index in [1.807, 2.05) is 0 Å². The third kappa shape index (κ3) is 7.18. The zero-order valence-electron chi connectivity index (χ0n) is 22.0. The number of nitrogens with zero attached hydrogens (tertiary/aromatic N) is 3. The number of aliphatic hydroxyl groups excluding tert-OH is 3. The maximum absolute atomic E-state index is 12.9. The smallest absolute Gasteiger partial charge is 0.378 e. The Labute approximate surface area is 240 Å². The number of nitrogen functional groups attached to an aromatic ring is 1. The van der Waals surface area contributed by atoms with Crippen molar-refractivity contribution in [3.05, 3.63) is 63.6 Å². The molecule has 226 valence electrons. The Morgan fingerprint density at radius 3 is 2.56 bits per heavy atom. The number of carbonyl (C=O) groups excluding carboxylic acids is 3. The first-order valence-electron chi connectivity index (χ1n) is 12.5. The highest BCUT2D eigenvalue weighted by Crippen LogP contribution is 2.26. The van der Waals surface area contributed by atoms with E-state index in [4.69, 9.17) is 20.7 Å². The minimum absolute atomic E-state index is 0.00940. The lowest BCUT2D eigenvalue weighted by Gasteiger charge is -2.21. The molecule has 1 unspecified atom stereocenters. The summed E-state index contributed by atoms with van der Waals surface area (Å²) in [6, 6.07) is 4.34. The van der Waals surface area contributed by atoms with Crippen molar-refractivity contribution in [2.24, 2.45) is 0 Å². The number of aliphatic hydroxyl groups is 3. The molecule has 0 fully saturated rings. The number of hydrogen-bond donors (Lipinski definition) is 8. The van der Waals surface area contributed by atoms with Crippen LogP contribution in [0.4, 0.5) is 11.6 Å². The second-order valence-electron chi connectivity index (χ2n) is 9.08. The summed E-state index contributed by atoms with van der Waals surface area (Å²) in [4.78, 5) is 75.1. The van der Waals surface area contributed by atoms with Crippen molar-refractivity contribution in [2.75, 3.05) is 17.7 Å². The van der Waals surface area contributed by atoms with Crippen LogP contribution >= 0.6 is 0 Å². The number of carbonyl (C=O) groups is 4. The second-order valence-corrected chi connectivity index (χ2v) is 9.08. The number of aliphatic carboxylic acids is 1. The molecule has 1 aliphatic heterocycles. The fraction of sp³-hybridized carbons (Fsp3) is 0.280. The Balaban J connectivity index is 1.42. The van der Waals surface area contributed by atoms with Crippen molar-refractivity contribution in [3.8, 4) is 0 Å². The van der Waals surface area contributed by atoms with Crippen molar-refractivity contribution in [2.45, 2.75) is 37.6 Å². The lowest BCUT2D eigenvalue weighted by molar-refractivity contribution is -0.152. The van der Waals surface area contributed by atoms with Gasteiger partial charge in [0.15, 0.2) is 17.3 Å². The number of nitrogens with two attached hydrogens (primary N) is 1. The number of H-pyrrole nitrogens is 1. The van der Waals surface area contributed by atoms with E-state index in [0.717, 1.165) is 0 Å². The summed E-state index contributed by atoms with van der Waals surface area (Å²) in [5.41, 5.74) is 6.09. The molecular formula is C25H25N7O11. The molecule has 9 N–H and O–H groups in total. The van der Waals surface area contributed by atoms with Crippen molar-refractivity contribution in [1.82, 2.24) is 25.3 Å². The maximum Gasteiger partial charge on any atom is 0.378 e. The molecule has 3 aromatic rings. The number of nitrogens with one attached hydrogen (secondary N) is 3. The first kappa shape index (κ1) is 30.3. The molecular weight excluding hydrogens is 574 g/mol. The van der Waals surface area contributed by atoms with Gasteiger partial charge in [-0.15, -0.1) is 0 Å². The summed E-state index contributed by atoms with van der Waals surface area (Å²) in [7, 11) is 0. The van der Waals surface area contributed by atoms with Gasteiger partial charge in [-0.1, -0.05) is 0 Å². The number of benzene rings is 1. The molecule has 0 spiro atoms. The van der Waals surface area contributed by atoms with Gasteiger partial charge in [0, 0.05) is 17.7 Å². The van der Waals surface area contributed by atoms with Crippen LogP contribution in [-0.2, 0) is 30.4 Å². The van der Waals surface area contributed by atoms with Crippen molar-refractivity contribution in [3.63, 3.8) is 0 Å². The Kier molecular flexibility index (Phi) is 9.11. The van der Waals surface area contributed by atoms with Gasteiger partial charge in [0.05, 0.1) is 25.0 Å². The molecule has 3 heterocycles. The molecule has 0 saturated heterocycles. The van der Waals surface area contributed by atoms with Gasteiger partial charge in [0.2, 0.25) is 17.5 Å². The number of fused-ring (bicyclic) bond motifs is 1. The van der Waals surface area contributed by atoms with Gasteiger partial charge >= 0.3 is 17.9 Å².